The third-order valence-corrected chi connectivity index (χ3v) is 6.02. The molecular formula is C20H20N2O2S. The fraction of sp³-hybridized carbons (Fsp3) is 0.300. The van der Waals surface area contributed by atoms with Crippen LogP contribution in [0.1, 0.15) is 36.5 Å². The van der Waals surface area contributed by atoms with Crippen LogP contribution in [0, 0.1) is 5.92 Å². The van der Waals surface area contributed by atoms with E-state index in [9.17, 15) is 9.59 Å². The fourth-order valence-corrected chi connectivity index (χ4v) is 4.35. The first-order valence-corrected chi connectivity index (χ1v) is 9.52. The number of rotatable bonds is 3. The molecule has 1 heterocycles. The lowest BCUT2D eigenvalue weighted by atomic mass is 9.85. The molecule has 0 spiro atoms. The fourth-order valence-electron chi connectivity index (χ4n) is 3.23. The SMILES string of the molecule is CCN1C(=O)c2ccccc2Sc2cc(NC(=O)C3CCC3)ccc21. The van der Waals surface area contributed by atoms with Gasteiger partial charge in [-0.15, -0.1) is 0 Å². The first-order chi connectivity index (χ1) is 12.2. The summed E-state index contributed by atoms with van der Waals surface area (Å²) in [5.41, 5.74) is 2.42. The van der Waals surface area contributed by atoms with Crippen molar-refractivity contribution in [1.82, 2.24) is 0 Å². The highest BCUT2D eigenvalue weighted by atomic mass is 32.2. The van der Waals surface area contributed by atoms with Gasteiger partial charge < -0.3 is 10.2 Å². The van der Waals surface area contributed by atoms with Crippen LogP contribution in [0.25, 0.3) is 0 Å². The van der Waals surface area contributed by atoms with Gasteiger partial charge in [-0.1, -0.05) is 30.3 Å². The number of benzene rings is 2. The molecule has 25 heavy (non-hydrogen) atoms. The summed E-state index contributed by atoms with van der Waals surface area (Å²) in [7, 11) is 0. The minimum atomic E-state index is 0.0237. The number of hydrogen-bond acceptors (Lipinski definition) is 3. The second-order valence-electron chi connectivity index (χ2n) is 6.45. The Labute approximate surface area is 151 Å². The number of carbonyl (C=O) groups excluding carboxylic acids is 2. The molecule has 0 bridgehead atoms. The van der Waals surface area contributed by atoms with Crippen molar-refractivity contribution in [3.63, 3.8) is 0 Å². The van der Waals surface area contributed by atoms with Crippen LogP contribution >= 0.6 is 11.8 Å². The number of amides is 2. The number of hydrogen-bond donors (Lipinski definition) is 1. The van der Waals surface area contributed by atoms with Gasteiger partial charge in [0.25, 0.3) is 5.91 Å². The van der Waals surface area contributed by atoms with Crippen LogP contribution in [0.4, 0.5) is 11.4 Å². The van der Waals surface area contributed by atoms with Crippen molar-refractivity contribution in [2.45, 2.75) is 36.0 Å². The average Bonchev–Trinajstić information content (AvgIpc) is 2.67. The summed E-state index contributed by atoms with van der Waals surface area (Å²) in [5.74, 6) is 0.283. The van der Waals surface area contributed by atoms with Gasteiger partial charge in [0.15, 0.2) is 0 Å². The topological polar surface area (TPSA) is 49.4 Å². The molecule has 1 aliphatic carbocycles. The lowest BCUT2D eigenvalue weighted by Gasteiger charge is -2.25. The van der Waals surface area contributed by atoms with E-state index < -0.39 is 0 Å². The van der Waals surface area contributed by atoms with Gasteiger partial charge in [-0.05, 0) is 50.1 Å². The lowest BCUT2D eigenvalue weighted by Crippen LogP contribution is -2.30. The summed E-state index contributed by atoms with van der Waals surface area (Å²) < 4.78 is 0. The summed E-state index contributed by atoms with van der Waals surface area (Å²) >= 11 is 1.58. The third-order valence-electron chi connectivity index (χ3n) is 4.89. The van der Waals surface area contributed by atoms with E-state index in [2.05, 4.69) is 5.32 Å². The second-order valence-corrected chi connectivity index (χ2v) is 7.53. The summed E-state index contributed by atoms with van der Waals surface area (Å²) in [6, 6.07) is 13.5. The minimum absolute atomic E-state index is 0.0237. The molecule has 5 heteroatoms. The zero-order valence-electron chi connectivity index (χ0n) is 14.1. The van der Waals surface area contributed by atoms with E-state index in [1.54, 1.807) is 16.7 Å². The van der Waals surface area contributed by atoms with E-state index in [1.807, 2.05) is 49.4 Å². The van der Waals surface area contributed by atoms with Gasteiger partial charge in [-0.3, -0.25) is 9.59 Å². The molecular weight excluding hydrogens is 332 g/mol. The maximum atomic E-state index is 12.9. The zero-order valence-corrected chi connectivity index (χ0v) is 14.9. The van der Waals surface area contributed by atoms with Crippen LogP contribution in [0.15, 0.2) is 52.3 Å². The maximum Gasteiger partial charge on any atom is 0.259 e. The van der Waals surface area contributed by atoms with Crippen molar-refractivity contribution < 1.29 is 9.59 Å². The van der Waals surface area contributed by atoms with Crippen molar-refractivity contribution in [1.29, 1.82) is 0 Å². The van der Waals surface area contributed by atoms with Gasteiger partial charge >= 0.3 is 0 Å². The number of carbonyl (C=O) groups is 2. The van der Waals surface area contributed by atoms with E-state index in [-0.39, 0.29) is 17.7 Å². The predicted molar refractivity (Wildman–Crippen MR) is 100 cm³/mol. The Balaban J connectivity index is 1.70. The van der Waals surface area contributed by atoms with Crippen molar-refractivity contribution in [2.24, 2.45) is 5.92 Å². The van der Waals surface area contributed by atoms with Gasteiger partial charge in [0.05, 0.1) is 11.3 Å². The normalized spacial score (nSPS) is 16.5. The monoisotopic (exact) mass is 352 g/mol. The van der Waals surface area contributed by atoms with Crippen LogP contribution in [0.3, 0.4) is 0 Å². The second kappa shape index (κ2) is 6.56. The van der Waals surface area contributed by atoms with Crippen LogP contribution in [0.5, 0.6) is 0 Å². The number of anilines is 2. The van der Waals surface area contributed by atoms with Gasteiger partial charge in [-0.2, -0.15) is 0 Å². The summed E-state index contributed by atoms with van der Waals surface area (Å²) in [6.07, 6.45) is 3.11. The molecule has 2 aliphatic rings. The average molecular weight is 352 g/mol. The van der Waals surface area contributed by atoms with Crippen molar-refractivity contribution >= 4 is 35.0 Å². The van der Waals surface area contributed by atoms with Crippen LogP contribution in [-0.2, 0) is 4.79 Å². The molecule has 4 rings (SSSR count). The maximum absolute atomic E-state index is 12.9. The molecule has 2 aromatic carbocycles. The highest BCUT2D eigenvalue weighted by Crippen LogP contribution is 2.42. The molecule has 1 aliphatic heterocycles. The first kappa shape index (κ1) is 16.2. The molecule has 0 radical (unpaired) electrons. The Bertz CT molecular complexity index is 845. The molecule has 0 saturated heterocycles. The number of nitrogens with zero attached hydrogens (tertiary/aromatic N) is 1. The van der Waals surface area contributed by atoms with E-state index >= 15 is 0 Å². The Morgan fingerprint density at radius 3 is 2.72 bits per heavy atom. The van der Waals surface area contributed by atoms with Gasteiger partial charge in [-0.25, -0.2) is 0 Å². The summed E-state index contributed by atoms with van der Waals surface area (Å²) in [6.45, 7) is 2.58. The third kappa shape index (κ3) is 2.93. The molecule has 0 unspecified atom stereocenters. The molecule has 1 N–H and O–H groups in total. The van der Waals surface area contributed by atoms with Crippen LogP contribution < -0.4 is 10.2 Å². The predicted octanol–water partition coefficient (Wildman–Crippen LogP) is 4.56. The van der Waals surface area contributed by atoms with Crippen LogP contribution in [-0.4, -0.2) is 18.4 Å². The lowest BCUT2D eigenvalue weighted by molar-refractivity contribution is -0.122. The molecule has 2 aromatic rings. The Morgan fingerprint density at radius 2 is 2.00 bits per heavy atom. The number of nitrogens with one attached hydrogen (secondary N) is 1. The summed E-state index contributed by atoms with van der Waals surface area (Å²) in [5, 5.41) is 3.03. The van der Waals surface area contributed by atoms with E-state index in [4.69, 9.17) is 0 Å². The van der Waals surface area contributed by atoms with Gasteiger partial charge in [0.2, 0.25) is 5.91 Å². The smallest absolute Gasteiger partial charge is 0.259 e. The van der Waals surface area contributed by atoms with Crippen molar-refractivity contribution in [2.75, 3.05) is 16.8 Å². The van der Waals surface area contributed by atoms with E-state index in [0.29, 0.717) is 6.54 Å². The minimum Gasteiger partial charge on any atom is -0.326 e. The van der Waals surface area contributed by atoms with E-state index in [1.165, 1.54) is 0 Å². The summed E-state index contributed by atoms with van der Waals surface area (Å²) in [4.78, 5) is 28.8. The standard InChI is InChI=1S/C20H20N2O2S/c1-2-22-16-11-10-14(21-19(23)13-6-5-7-13)12-18(16)25-17-9-4-3-8-15(17)20(22)24/h3-4,8-13H,2,5-7H2,1H3,(H,21,23). The van der Waals surface area contributed by atoms with E-state index in [0.717, 1.165) is 46.0 Å². The molecule has 4 nitrogen and oxygen atoms in total. The van der Waals surface area contributed by atoms with Crippen molar-refractivity contribution in [3.8, 4) is 0 Å². The quantitative estimate of drug-likeness (QED) is 0.881. The largest absolute Gasteiger partial charge is 0.326 e. The zero-order chi connectivity index (χ0) is 17.4. The molecule has 128 valence electrons. The number of fused-ring (bicyclic) bond motifs is 2. The molecule has 1 fully saturated rings. The Kier molecular flexibility index (Phi) is 4.25. The molecule has 2 amide bonds. The Hall–Kier alpha value is -2.27. The van der Waals surface area contributed by atoms with Gasteiger partial charge in [0.1, 0.15) is 0 Å². The first-order valence-electron chi connectivity index (χ1n) is 8.71. The Morgan fingerprint density at radius 1 is 1.20 bits per heavy atom. The molecule has 0 atom stereocenters. The highest BCUT2D eigenvalue weighted by Gasteiger charge is 2.28. The van der Waals surface area contributed by atoms with Gasteiger partial charge in [0, 0.05) is 27.9 Å². The van der Waals surface area contributed by atoms with Crippen molar-refractivity contribution in [3.05, 3.63) is 48.0 Å². The van der Waals surface area contributed by atoms with Crippen LogP contribution in [0.2, 0.25) is 0 Å². The highest BCUT2D eigenvalue weighted by molar-refractivity contribution is 7.99. The molecule has 0 aromatic heterocycles. The molecule has 1 saturated carbocycles.